The van der Waals surface area contributed by atoms with Gasteiger partial charge in [-0.3, -0.25) is 4.79 Å². The minimum Gasteiger partial charge on any atom is -0.393 e. The van der Waals surface area contributed by atoms with Crippen LogP contribution in [0, 0.1) is 11.3 Å². The third-order valence-corrected chi connectivity index (χ3v) is 2.35. The van der Waals surface area contributed by atoms with Gasteiger partial charge in [-0.2, -0.15) is 0 Å². The van der Waals surface area contributed by atoms with Crippen LogP contribution >= 0.6 is 12.2 Å². The predicted molar refractivity (Wildman–Crippen MR) is 63.0 cm³/mol. The van der Waals surface area contributed by atoms with Gasteiger partial charge in [-0.15, -0.1) is 0 Å². The van der Waals surface area contributed by atoms with Crippen LogP contribution in [0.15, 0.2) is 0 Å². The van der Waals surface area contributed by atoms with Crippen LogP contribution in [-0.2, 0) is 4.79 Å². The van der Waals surface area contributed by atoms with Crippen molar-refractivity contribution in [2.45, 2.75) is 34.1 Å². The van der Waals surface area contributed by atoms with E-state index >= 15 is 0 Å². The summed E-state index contributed by atoms with van der Waals surface area (Å²) in [6.07, 6.45) is 0.947. The molecule has 0 rings (SSSR count). The molecule has 4 heteroatoms. The van der Waals surface area contributed by atoms with E-state index in [0.29, 0.717) is 6.54 Å². The largest absolute Gasteiger partial charge is 0.393 e. The average Bonchev–Trinajstić information content (AvgIpc) is 2.00. The molecule has 1 amide bonds. The molecule has 0 aromatic heterocycles. The molecule has 0 bridgehead atoms. The zero-order valence-corrected chi connectivity index (χ0v) is 10.2. The van der Waals surface area contributed by atoms with E-state index in [1.54, 1.807) is 6.92 Å². The van der Waals surface area contributed by atoms with Crippen molar-refractivity contribution < 1.29 is 4.79 Å². The van der Waals surface area contributed by atoms with E-state index in [1.165, 1.54) is 0 Å². The summed E-state index contributed by atoms with van der Waals surface area (Å²) in [6.45, 7) is 8.80. The highest BCUT2D eigenvalue weighted by Crippen LogP contribution is 2.16. The molecule has 0 aromatic carbocycles. The third kappa shape index (κ3) is 5.91. The van der Waals surface area contributed by atoms with E-state index in [9.17, 15) is 4.79 Å². The first-order valence-corrected chi connectivity index (χ1v) is 5.22. The minimum atomic E-state index is -0.370. The maximum Gasteiger partial charge on any atom is 0.229 e. The molecule has 3 N–H and O–H groups in total. The van der Waals surface area contributed by atoms with Gasteiger partial charge in [-0.05, 0) is 18.8 Å². The lowest BCUT2D eigenvalue weighted by molar-refractivity contribution is -0.122. The van der Waals surface area contributed by atoms with Crippen LogP contribution in [0.2, 0.25) is 0 Å². The van der Waals surface area contributed by atoms with Crippen molar-refractivity contribution in [3.63, 3.8) is 0 Å². The highest BCUT2D eigenvalue weighted by Gasteiger charge is 2.16. The van der Waals surface area contributed by atoms with E-state index in [4.69, 9.17) is 18.0 Å². The summed E-state index contributed by atoms with van der Waals surface area (Å²) in [4.78, 5) is 11.6. The van der Waals surface area contributed by atoms with Crippen molar-refractivity contribution >= 4 is 23.1 Å². The molecule has 14 heavy (non-hydrogen) atoms. The SMILES string of the molecule is CC(C(=O)NCCC(C)(C)C)C(N)=S. The van der Waals surface area contributed by atoms with E-state index < -0.39 is 0 Å². The van der Waals surface area contributed by atoms with Gasteiger partial charge in [0.15, 0.2) is 0 Å². The van der Waals surface area contributed by atoms with Gasteiger partial charge in [0.2, 0.25) is 5.91 Å². The number of amides is 1. The number of hydrogen-bond acceptors (Lipinski definition) is 2. The Morgan fingerprint density at radius 3 is 2.36 bits per heavy atom. The first-order chi connectivity index (χ1) is 6.24. The van der Waals surface area contributed by atoms with Gasteiger partial charge in [-0.25, -0.2) is 0 Å². The quantitative estimate of drug-likeness (QED) is 0.700. The molecule has 0 saturated carbocycles. The van der Waals surface area contributed by atoms with Crippen LogP contribution < -0.4 is 11.1 Å². The molecule has 0 fully saturated rings. The molecule has 0 spiro atoms. The molecule has 1 unspecified atom stereocenters. The van der Waals surface area contributed by atoms with Crippen molar-refractivity contribution in [1.29, 1.82) is 0 Å². The Bertz CT molecular complexity index is 221. The van der Waals surface area contributed by atoms with Crippen LogP contribution in [0.1, 0.15) is 34.1 Å². The summed E-state index contributed by atoms with van der Waals surface area (Å²) in [6, 6.07) is 0. The number of hydrogen-bond donors (Lipinski definition) is 2. The lowest BCUT2D eigenvalue weighted by atomic mass is 9.92. The van der Waals surface area contributed by atoms with Gasteiger partial charge < -0.3 is 11.1 Å². The van der Waals surface area contributed by atoms with Crippen LogP contribution in [0.3, 0.4) is 0 Å². The van der Waals surface area contributed by atoms with Crippen LogP contribution in [0.25, 0.3) is 0 Å². The number of carbonyl (C=O) groups excluding carboxylic acids is 1. The van der Waals surface area contributed by atoms with Crippen molar-refractivity contribution in [1.82, 2.24) is 5.32 Å². The predicted octanol–water partition coefficient (Wildman–Crippen LogP) is 1.46. The van der Waals surface area contributed by atoms with Gasteiger partial charge in [0.05, 0.1) is 10.9 Å². The lowest BCUT2D eigenvalue weighted by Crippen LogP contribution is -2.37. The number of thiocarbonyl (C=S) groups is 1. The van der Waals surface area contributed by atoms with E-state index in [-0.39, 0.29) is 22.2 Å². The summed E-state index contributed by atoms with van der Waals surface area (Å²) in [7, 11) is 0. The Kier molecular flexibility index (Phi) is 5.05. The zero-order valence-electron chi connectivity index (χ0n) is 9.39. The molecule has 0 aliphatic rings. The van der Waals surface area contributed by atoms with E-state index in [2.05, 4.69) is 26.1 Å². The summed E-state index contributed by atoms with van der Waals surface area (Å²) in [5.41, 5.74) is 5.60. The highest BCUT2D eigenvalue weighted by molar-refractivity contribution is 7.80. The topological polar surface area (TPSA) is 55.1 Å². The van der Waals surface area contributed by atoms with Crippen LogP contribution in [0.5, 0.6) is 0 Å². The van der Waals surface area contributed by atoms with E-state index in [1.807, 2.05) is 0 Å². The lowest BCUT2D eigenvalue weighted by Gasteiger charge is -2.19. The standard InChI is InChI=1S/C10H20N2OS/c1-7(8(11)14)9(13)12-6-5-10(2,3)4/h7H,5-6H2,1-4H3,(H2,11,14)(H,12,13). The van der Waals surface area contributed by atoms with Gasteiger partial charge in [0.25, 0.3) is 0 Å². The molecule has 0 saturated heterocycles. The Balaban J connectivity index is 3.81. The second-order valence-corrected chi connectivity index (χ2v) is 5.20. The number of nitrogens with two attached hydrogens (primary N) is 1. The van der Waals surface area contributed by atoms with Gasteiger partial charge >= 0.3 is 0 Å². The fourth-order valence-corrected chi connectivity index (χ4v) is 0.950. The third-order valence-electron chi connectivity index (χ3n) is 1.99. The summed E-state index contributed by atoms with van der Waals surface area (Å²) in [5.74, 6) is -0.452. The van der Waals surface area contributed by atoms with Crippen molar-refractivity contribution in [2.75, 3.05) is 6.54 Å². The minimum absolute atomic E-state index is 0.0817. The Morgan fingerprint density at radius 1 is 1.50 bits per heavy atom. The molecule has 0 radical (unpaired) electrons. The van der Waals surface area contributed by atoms with E-state index in [0.717, 1.165) is 6.42 Å². The van der Waals surface area contributed by atoms with Crippen LogP contribution in [-0.4, -0.2) is 17.4 Å². The van der Waals surface area contributed by atoms with Gasteiger partial charge in [0.1, 0.15) is 0 Å². The summed E-state index contributed by atoms with van der Waals surface area (Å²) >= 11 is 4.74. The Labute approximate surface area is 91.4 Å². The average molecular weight is 216 g/mol. The molecular formula is C10H20N2OS. The Hall–Kier alpha value is -0.640. The van der Waals surface area contributed by atoms with Crippen molar-refractivity contribution in [3.05, 3.63) is 0 Å². The highest BCUT2D eigenvalue weighted by atomic mass is 32.1. The Morgan fingerprint density at radius 2 is 2.00 bits per heavy atom. The number of nitrogens with one attached hydrogen (secondary N) is 1. The van der Waals surface area contributed by atoms with Crippen molar-refractivity contribution in [3.8, 4) is 0 Å². The molecule has 82 valence electrons. The zero-order chi connectivity index (χ0) is 11.4. The first kappa shape index (κ1) is 13.4. The fourth-order valence-electron chi connectivity index (χ4n) is 0.843. The van der Waals surface area contributed by atoms with Crippen LogP contribution in [0.4, 0.5) is 0 Å². The number of rotatable bonds is 4. The molecule has 0 heterocycles. The summed E-state index contributed by atoms with van der Waals surface area (Å²) < 4.78 is 0. The second-order valence-electron chi connectivity index (χ2n) is 4.73. The molecule has 0 aliphatic carbocycles. The van der Waals surface area contributed by atoms with Crippen molar-refractivity contribution in [2.24, 2.45) is 17.1 Å². The summed E-state index contributed by atoms with van der Waals surface area (Å²) in [5, 5.41) is 2.81. The van der Waals surface area contributed by atoms with Gasteiger partial charge in [-0.1, -0.05) is 33.0 Å². The molecule has 1 atom stereocenters. The monoisotopic (exact) mass is 216 g/mol. The normalized spacial score (nSPS) is 13.4. The number of carbonyl (C=O) groups is 1. The molecular weight excluding hydrogens is 196 g/mol. The first-order valence-electron chi connectivity index (χ1n) is 4.81. The second kappa shape index (κ2) is 5.29. The van der Waals surface area contributed by atoms with Gasteiger partial charge in [0, 0.05) is 6.54 Å². The molecule has 3 nitrogen and oxygen atoms in total. The molecule has 0 aliphatic heterocycles. The smallest absolute Gasteiger partial charge is 0.229 e. The molecule has 0 aromatic rings. The fraction of sp³-hybridized carbons (Fsp3) is 0.800. The maximum absolute atomic E-state index is 11.4. The maximum atomic E-state index is 11.4.